The smallest absolute Gasteiger partial charge is 0.338 e. The van der Waals surface area contributed by atoms with E-state index in [0.717, 1.165) is 0 Å². The molecule has 0 saturated heterocycles. The van der Waals surface area contributed by atoms with Crippen molar-refractivity contribution in [3.63, 3.8) is 0 Å². The van der Waals surface area contributed by atoms with Gasteiger partial charge >= 0.3 is 5.97 Å². The molecule has 0 aromatic heterocycles. The Hall–Kier alpha value is -3.22. The van der Waals surface area contributed by atoms with E-state index in [9.17, 15) is 18.8 Å². The van der Waals surface area contributed by atoms with Gasteiger partial charge in [0.2, 0.25) is 5.91 Å². The van der Waals surface area contributed by atoms with Crippen molar-refractivity contribution in [2.24, 2.45) is 0 Å². The molecule has 0 spiro atoms. The summed E-state index contributed by atoms with van der Waals surface area (Å²) in [5.41, 5.74) is 1.20. The maximum atomic E-state index is 12.8. The first kappa shape index (κ1) is 17.1. The monoisotopic (exact) mass is 330 g/mol. The minimum Gasteiger partial charge on any atom is -0.452 e. The highest BCUT2D eigenvalue weighted by Gasteiger charge is 2.10. The van der Waals surface area contributed by atoms with Crippen molar-refractivity contribution >= 4 is 29.2 Å². The summed E-state index contributed by atoms with van der Waals surface area (Å²) in [5.74, 6) is -1.84. The van der Waals surface area contributed by atoms with Crippen LogP contribution in [0, 0.1) is 5.82 Å². The summed E-state index contributed by atoms with van der Waals surface area (Å²) in [6.07, 6.45) is 0. The van der Waals surface area contributed by atoms with Crippen molar-refractivity contribution in [2.45, 2.75) is 6.92 Å². The van der Waals surface area contributed by atoms with Crippen LogP contribution in [0.15, 0.2) is 48.5 Å². The number of rotatable bonds is 5. The molecule has 0 aliphatic heterocycles. The number of carbonyl (C=O) groups excluding carboxylic acids is 3. The van der Waals surface area contributed by atoms with E-state index in [1.807, 2.05) is 0 Å². The van der Waals surface area contributed by atoms with Crippen molar-refractivity contribution in [3.8, 4) is 0 Å². The number of benzene rings is 2. The second-order valence-corrected chi connectivity index (χ2v) is 4.89. The van der Waals surface area contributed by atoms with E-state index in [2.05, 4.69) is 10.6 Å². The molecular weight excluding hydrogens is 315 g/mol. The highest BCUT2D eigenvalue weighted by Crippen LogP contribution is 2.11. The Morgan fingerprint density at radius 2 is 1.46 bits per heavy atom. The van der Waals surface area contributed by atoms with Gasteiger partial charge in [0.05, 0.1) is 5.56 Å². The van der Waals surface area contributed by atoms with Crippen LogP contribution in [0.2, 0.25) is 0 Å². The quantitative estimate of drug-likeness (QED) is 0.825. The second kappa shape index (κ2) is 7.87. The van der Waals surface area contributed by atoms with E-state index in [4.69, 9.17) is 4.74 Å². The van der Waals surface area contributed by atoms with Crippen LogP contribution in [0.25, 0.3) is 0 Å². The summed E-state index contributed by atoms with van der Waals surface area (Å²) >= 11 is 0. The van der Waals surface area contributed by atoms with E-state index in [0.29, 0.717) is 11.4 Å². The number of amides is 2. The molecule has 0 fully saturated rings. The lowest BCUT2D eigenvalue weighted by Gasteiger charge is -2.07. The number of hydrogen-bond donors (Lipinski definition) is 2. The molecule has 0 saturated carbocycles. The molecule has 0 heterocycles. The fourth-order valence-electron chi connectivity index (χ4n) is 1.84. The van der Waals surface area contributed by atoms with Gasteiger partial charge in [-0.15, -0.1) is 0 Å². The first-order chi connectivity index (χ1) is 11.4. The molecule has 0 aliphatic rings. The molecule has 0 atom stereocenters. The Kier molecular flexibility index (Phi) is 5.62. The maximum Gasteiger partial charge on any atom is 0.338 e. The predicted octanol–water partition coefficient (Wildman–Crippen LogP) is 2.58. The number of carbonyl (C=O) groups is 3. The van der Waals surface area contributed by atoms with E-state index in [1.165, 1.54) is 43.3 Å². The van der Waals surface area contributed by atoms with Gasteiger partial charge in [0.1, 0.15) is 5.82 Å². The van der Waals surface area contributed by atoms with Crippen LogP contribution >= 0.6 is 0 Å². The Morgan fingerprint density at radius 3 is 2.04 bits per heavy atom. The molecule has 2 aromatic rings. The van der Waals surface area contributed by atoms with Gasteiger partial charge < -0.3 is 15.4 Å². The summed E-state index contributed by atoms with van der Waals surface area (Å²) < 4.78 is 17.7. The average molecular weight is 330 g/mol. The van der Waals surface area contributed by atoms with Crippen LogP contribution in [-0.2, 0) is 14.3 Å². The van der Waals surface area contributed by atoms with Crippen LogP contribution < -0.4 is 10.6 Å². The Balaban J connectivity index is 1.84. The molecule has 0 bridgehead atoms. The van der Waals surface area contributed by atoms with Crippen LogP contribution in [0.5, 0.6) is 0 Å². The molecule has 2 amide bonds. The summed E-state index contributed by atoms with van der Waals surface area (Å²) in [7, 11) is 0. The van der Waals surface area contributed by atoms with Crippen LogP contribution in [-0.4, -0.2) is 24.4 Å². The molecule has 0 aliphatic carbocycles. The molecular formula is C17H15FN2O4. The number of hydrogen-bond acceptors (Lipinski definition) is 4. The number of halogens is 1. The largest absolute Gasteiger partial charge is 0.452 e. The number of nitrogens with one attached hydrogen (secondary N) is 2. The lowest BCUT2D eigenvalue weighted by molar-refractivity contribution is -0.119. The predicted molar refractivity (Wildman–Crippen MR) is 86.1 cm³/mol. The SMILES string of the molecule is CC(=O)Nc1ccc(C(=O)OCC(=O)Nc2ccc(F)cc2)cc1. The lowest BCUT2D eigenvalue weighted by Crippen LogP contribution is -2.20. The van der Waals surface area contributed by atoms with Crippen LogP contribution in [0.3, 0.4) is 0 Å². The molecule has 2 N–H and O–H groups in total. The van der Waals surface area contributed by atoms with E-state index < -0.39 is 24.3 Å². The highest BCUT2D eigenvalue weighted by atomic mass is 19.1. The summed E-state index contributed by atoms with van der Waals surface area (Å²) in [5, 5.41) is 5.05. The third kappa shape index (κ3) is 5.20. The van der Waals surface area contributed by atoms with E-state index in [1.54, 1.807) is 12.1 Å². The van der Waals surface area contributed by atoms with Gasteiger partial charge in [-0.3, -0.25) is 9.59 Å². The molecule has 24 heavy (non-hydrogen) atoms. The van der Waals surface area contributed by atoms with Gasteiger partial charge in [-0.2, -0.15) is 0 Å². The molecule has 0 unspecified atom stereocenters. The minimum atomic E-state index is -0.668. The topological polar surface area (TPSA) is 84.5 Å². The summed E-state index contributed by atoms with van der Waals surface area (Å²) in [4.78, 5) is 34.4. The summed E-state index contributed by atoms with van der Waals surface area (Å²) in [6, 6.07) is 11.3. The molecule has 0 radical (unpaired) electrons. The zero-order valence-corrected chi connectivity index (χ0v) is 12.8. The van der Waals surface area contributed by atoms with Crippen molar-refractivity contribution in [1.29, 1.82) is 0 Å². The zero-order chi connectivity index (χ0) is 17.5. The van der Waals surface area contributed by atoms with Crippen molar-refractivity contribution in [1.82, 2.24) is 0 Å². The molecule has 7 heteroatoms. The molecule has 6 nitrogen and oxygen atoms in total. The van der Waals surface area contributed by atoms with Crippen molar-refractivity contribution in [2.75, 3.05) is 17.2 Å². The third-order valence-corrected chi connectivity index (χ3v) is 2.90. The highest BCUT2D eigenvalue weighted by molar-refractivity contribution is 5.96. The average Bonchev–Trinajstić information content (AvgIpc) is 2.55. The molecule has 2 rings (SSSR count). The van der Waals surface area contributed by atoms with E-state index in [-0.39, 0.29) is 11.5 Å². The van der Waals surface area contributed by atoms with Crippen molar-refractivity contribution in [3.05, 3.63) is 59.9 Å². The standard InChI is InChI=1S/C17H15FN2O4/c1-11(21)19-14-6-2-12(3-7-14)17(23)24-10-16(22)20-15-8-4-13(18)5-9-15/h2-9H,10H2,1H3,(H,19,21)(H,20,22). The first-order valence-electron chi connectivity index (χ1n) is 7.04. The maximum absolute atomic E-state index is 12.8. The third-order valence-electron chi connectivity index (χ3n) is 2.90. The van der Waals surface area contributed by atoms with Gasteiger partial charge in [0.15, 0.2) is 6.61 Å². The normalized spacial score (nSPS) is 9.92. The first-order valence-corrected chi connectivity index (χ1v) is 7.04. The Bertz CT molecular complexity index is 742. The molecule has 2 aromatic carbocycles. The number of ether oxygens (including phenoxy) is 1. The fourth-order valence-corrected chi connectivity index (χ4v) is 1.84. The van der Waals surface area contributed by atoms with Crippen LogP contribution in [0.1, 0.15) is 17.3 Å². The second-order valence-electron chi connectivity index (χ2n) is 4.89. The van der Waals surface area contributed by atoms with Gasteiger partial charge in [-0.25, -0.2) is 9.18 Å². The van der Waals surface area contributed by atoms with Crippen molar-refractivity contribution < 1.29 is 23.5 Å². The van der Waals surface area contributed by atoms with E-state index >= 15 is 0 Å². The number of anilines is 2. The van der Waals surface area contributed by atoms with Gasteiger partial charge in [-0.05, 0) is 48.5 Å². The summed E-state index contributed by atoms with van der Waals surface area (Å²) in [6.45, 7) is 0.908. The fraction of sp³-hybridized carbons (Fsp3) is 0.118. The molecule has 124 valence electrons. The minimum absolute atomic E-state index is 0.220. The lowest BCUT2D eigenvalue weighted by atomic mass is 10.2. The van der Waals surface area contributed by atoms with Gasteiger partial charge in [0.25, 0.3) is 5.91 Å². The number of esters is 1. The van der Waals surface area contributed by atoms with Gasteiger partial charge in [0, 0.05) is 18.3 Å². The Labute approximate surface area is 137 Å². The van der Waals surface area contributed by atoms with Crippen LogP contribution in [0.4, 0.5) is 15.8 Å². The Morgan fingerprint density at radius 1 is 0.917 bits per heavy atom. The van der Waals surface area contributed by atoms with Gasteiger partial charge in [-0.1, -0.05) is 0 Å². The zero-order valence-electron chi connectivity index (χ0n) is 12.8.